The minimum Gasteiger partial charge on any atom is -0.457 e. The van der Waals surface area contributed by atoms with Gasteiger partial charge in [0.15, 0.2) is 12.4 Å². The van der Waals surface area contributed by atoms with Gasteiger partial charge in [-0.3, -0.25) is 9.59 Å². The summed E-state index contributed by atoms with van der Waals surface area (Å²) in [6.45, 7) is 2.05. The number of hydrogen-bond acceptors (Lipinski definition) is 6. The van der Waals surface area contributed by atoms with Gasteiger partial charge in [-0.15, -0.1) is 10.2 Å². The summed E-state index contributed by atoms with van der Waals surface area (Å²) in [5.74, 6) is -0.212. The van der Waals surface area contributed by atoms with Crippen LogP contribution in [0.1, 0.15) is 29.3 Å². The van der Waals surface area contributed by atoms with E-state index in [0.29, 0.717) is 11.4 Å². The van der Waals surface area contributed by atoms with Crippen molar-refractivity contribution in [3.05, 3.63) is 65.7 Å². The monoisotopic (exact) mass is 364 g/mol. The highest BCUT2D eigenvalue weighted by atomic mass is 16.5. The first-order valence-electron chi connectivity index (χ1n) is 8.76. The molecule has 0 radical (unpaired) electrons. The number of nitrogens with zero attached hydrogens (tertiary/aromatic N) is 4. The Balaban J connectivity index is 1.48. The molecule has 0 saturated heterocycles. The first kappa shape index (κ1) is 18.4. The molecule has 3 aromatic rings. The van der Waals surface area contributed by atoms with E-state index in [0.717, 1.165) is 12.0 Å². The Labute approximate surface area is 157 Å². The fourth-order valence-electron chi connectivity index (χ4n) is 2.46. The molecule has 0 spiro atoms. The quantitative estimate of drug-likeness (QED) is 0.451. The van der Waals surface area contributed by atoms with Crippen LogP contribution in [0.15, 0.2) is 54.6 Å². The van der Waals surface area contributed by atoms with Crippen molar-refractivity contribution < 1.29 is 14.3 Å². The first-order chi connectivity index (χ1) is 13.2. The predicted molar refractivity (Wildman–Crippen MR) is 99.0 cm³/mol. The van der Waals surface area contributed by atoms with Crippen LogP contribution in [0.25, 0.3) is 11.4 Å². The van der Waals surface area contributed by atoms with Crippen molar-refractivity contribution >= 4 is 11.8 Å². The van der Waals surface area contributed by atoms with Gasteiger partial charge >= 0.3 is 5.97 Å². The number of esters is 1. The minimum atomic E-state index is -0.481. The van der Waals surface area contributed by atoms with Gasteiger partial charge in [0.2, 0.25) is 5.82 Å². The second-order valence-corrected chi connectivity index (χ2v) is 5.96. The molecule has 0 aliphatic heterocycles. The van der Waals surface area contributed by atoms with Gasteiger partial charge in [-0.1, -0.05) is 61.5 Å². The molecule has 1 aromatic heterocycles. The van der Waals surface area contributed by atoms with Crippen molar-refractivity contribution in [1.29, 1.82) is 0 Å². The second-order valence-electron chi connectivity index (χ2n) is 5.96. The van der Waals surface area contributed by atoms with Gasteiger partial charge in [-0.2, -0.15) is 4.80 Å². The Hall–Kier alpha value is -3.35. The Kier molecular flexibility index (Phi) is 6.04. The molecule has 0 unspecified atom stereocenters. The fourth-order valence-corrected chi connectivity index (χ4v) is 2.46. The van der Waals surface area contributed by atoms with Crippen LogP contribution in [-0.4, -0.2) is 38.6 Å². The summed E-state index contributed by atoms with van der Waals surface area (Å²) in [4.78, 5) is 25.1. The summed E-state index contributed by atoms with van der Waals surface area (Å²) in [6, 6.07) is 16.7. The maximum absolute atomic E-state index is 11.9. The maximum Gasteiger partial charge on any atom is 0.308 e. The molecule has 7 nitrogen and oxygen atoms in total. The smallest absolute Gasteiger partial charge is 0.308 e. The standard InChI is InChI=1S/C20H20N4O3/c1-2-15-8-10-17(11-9-15)20-21-23-24(22-20)13-12-19(26)27-14-18(25)16-6-4-3-5-7-16/h3-11H,2,12-14H2,1H3. The molecular weight excluding hydrogens is 344 g/mol. The summed E-state index contributed by atoms with van der Waals surface area (Å²) in [5, 5.41) is 12.2. The molecule has 1 heterocycles. The van der Waals surface area contributed by atoms with Crippen LogP contribution in [0.2, 0.25) is 0 Å². The van der Waals surface area contributed by atoms with E-state index in [4.69, 9.17) is 4.74 Å². The van der Waals surface area contributed by atoms with Crippen molar-refractivity contribution in [2.75, 3.05) is 6.61 Å². The van der Waals surface area contributed by atoms with E-state index in [9.17, 15) is 9.59 Å². The van der Waals surface area contributed by atoms with Crippen molar-refractivity contribution in [2.45, 2.75) is 26.3 Å². The highest BCUT2D eigenvalue weighted by Crippen LogP contribution is 2.14. The summed E-state index contributed by atoms with van der Waals surface area (Å²) >= 11 is 0. The van der Waals surface area contributed by atoms with Gasteiger partial charge in [-0.25, -0.2) is 0 Å². The van der Waals surface area contributed by atoms with Crippen molar-refractivity contribution in [2.24, 2.45) is 0 Å². The number of ketones is 1. The van der Waals surface area contributed by atoms with Gasteiger partial charge in [0, 0.05) is 11.1 Å². The Morgan fingerprint density at radius 1 is 1.04 bits per heavy atom. The van der Waals surface area contributed by atoms with Crippen molar-refractivity contribution in [3.63, 3.8) is 0 Å². The lowest BCUT2D eigenvalue weighted by Gasteiger charge is -2.04. The summed E-state index contributed by atoms with van der Waals surface area (Å²) < 4.78 is 5.02. The molecule has 0 amide bonds. The lowest BCUT2D eigenvalue weighted by Crippen LogP contribution is -2.16. The van der Waals surface area contributed by atoms with E-state index in [2.05, 4.69) is 22.3 Å². The Bertz CT molecular complexity index is 904. The number of aryl methyl sites for hydroxylation is 2. The largest absolute Gasteiger partial charge is 0.457 e. The van der Waals surface area contributed by atoms with Crippen LogP contribution < -0.4 is 0 Å². The van der Waals surface area contributed by atoms with Crippen LogP contribution in [0, 0.1) is 0 Å². The van der Waals surface area contributed by atoms with Crippen LogP contribution in [0.4, 0.5) is 0 Å². The Morgan fingerprint density at radius 2 is 1.78 bits per heavy atom. The van der Waals surface area contributed by atoms with Crippen molar-refractivity contribution in [3.8, 4) is 11.4 Å². The van der Waals surface area contributed by atoms with E-state index >= 15 is 0 Å². The number of aromatic nitrogens is 4. The van der Waals surface area contributed by atoms with Gasteiger partial charge in [0.1, 0.15) is 0 Å². The molecule has 0 atom stereocenters. The number of hydrogen-bond donors (Lipinski definition) is 0. The molecule has 0 bridgehead atoms. The SMILES string of the molecule is CCc1ccc(-c2nnn(CCC(=O)OCC(=O)c3ccccc3)n2)cc1. The fraction of sp³-hybridized carbons (Fsp3) is 0.250. The predicted octanol–water partition coefficient (Wildman–Crippen LogP) is 2.72. The molecule has 2 aromatic carbocycles. The third kappa shape index (κ3) is 5.07. The third-order valence-corrected chi connectivity index (χ3v) is 4.05. The minimum absolute atomic E-state index is 0.0621. The van der Waals surface area contributed by atoms with Gasteiger partial charge in [0.25, 0.3) is 0 Å². The van der Waals surface area contributed by atoms with Gasteiger partial charge in [0.05, 0.1) is 13.0 Å². The number of Topliss-reactive ketones (excluding diaryl/α,β-unsaturated/α-hetero) is 1. The average Bonchev–Trinajstić information content (AvgIpc) is 3.20. The van der Waals surface area contributed by atoms with Crippen molar-refractivity contribution in [1.82, 2.24) is 20.2 Å². The zero-order chi connectivity index (χ0) is 19.1. The topological polar surface area (TPSA) is 87.0 Å². The molecule has 7 heteroatoms. The summed E-state index contributed by atoms with van der Waals surface area (Å²) in [7, 11) is 0. The average molecular weight is 364 g/mol. The molecular formula is C20H20N4O3. The molecule has 0 aliphatic rings. The molecule has 0 saturated carbocycles. The van der Waals surface area contributed by atoms with Crippen LogP contribution in [0.5, 0.6) is 0 Å². The Morgan fingerprint density at radius 3 is 2.48 bits per heavy atom. The van der Waals surface area contributed by atoms with Gasteiger partial charge in [-0.05, 0) is 17.2 Å². The summed E-state index contributed by atoms with van der Waals surface area (Å²) in [6.07, 6.45) is 1.03. The number of ether oxygens (including phenoxy) is 1. The normalized spacial score (nSPS) is 10.6. The van der Waals surface area contributed by atoms with Gasteiger partial charge < -0.3 is 4.74 Å². The number of carbonyl (C=O) groups excluding carboxylic acids is 2. The van der Waals surface area contributed by atoms with E-state index < -0.39 is 5.97 Å². The molecule has 0 N–H and O–H groups in total. The highest BCUT2D eigenvalue weighted by Gasteiger charge is 2.11. The molecule has 3 rings (SSSR count). The zero-order valence-corrected chi connectivity index (χ0v) is 15.0. The van der Waals surface area contributed by atoms with E-state index in [1.807, 2.05) is 30.3 Å². The molecule has 0 aliphatic carbocycles. The lowest BCUT2D eigenvalue weighted by atomic mass is 10.1. The van der Waals surface area contributed by atoms with E-state index in [1.165, 1.54) is 10.4 Å². The number of rotatable bonds is 8. The number of tetrazole rings is 1. The van der Waals surface area contributed by atoms with Crippen LogP contribution in [0.3, 0.4) is 0 Å². The maximum atomic E-state index is 11.9. The van der Waals surface area contributed by atoms with Crippen LogP contribution >= 0.6 is 0 Å². The second kappa shape index (κ2) is 8.84. The highest BCUT2D eigenvalue weighted by molar-refractivity contribution is 5.97. The summed E-state index contributed by atoms with van der Waals surface area (Å²) in [5.41, 5.74) is 2.62. The number of carbonyl (C=O) groups is 2. The molecule has 27 heavy (non-hydrogen) atoms. The van der Waals surface area contributed by atoms with E-state index in [-0.39, 0.29) is 25.4 Å². The zero-order valence-electron chi connectivity index (χ0n) is 15.0. The lowest BCUT2D eigenvalue weighted by molar-refractivity contribution is -0.142. The molecule has 0 fully saturated rings. The first-order valence-corrected chi connectivity index (χ1v) is 8.76. The molecule has 138 valence electrons. The number of benzene rings is 2. The third-order valence-electron chi connectivity index (χ3n) is 4.05. The van der Waals surface area contributed by atoms with E-state index in [1.54, 1.807) is 24.3 Å². The van der Waals surface area contributed by atoms with Crippen LogP contribution in [-0.2, 0) is 22.5 Å².